The Morgan fingerprint density at radius 3 is 2.43 bits per heavy atom. The van der Waals surface area contributed by atoms with E-state index in [1.165, 1.54) is 0 Å². The second kappa shape index (κ2) is 3.12. The maximum atomic E-state index is 8.94. The molecule has 2 nitrogen and oxygen atoms in total. The molecule has 68 valence electrons. The molecule has 0 N–H and O–H groups in total. The molecule has 0 radical (unpaired) electrons. The van der Waals surface area contributed by atoms with Gasteiger partial charge in [-0.1, -0.05) is 24.3 Å². The molecule has 0 saturated heterocycles. The van der Waals surface area contributed by atoms with Gasteiger partial charge in [-0.15, -0.1) is 0 Å². The number of aromatic nitrogens is 1. The van der Waals surface area contributed by atoms with Crippen molar-refractivity contribution >= 4 is 10.8 Å². The number of hydrogen-bond donors (Lipinski definition) is 0. The Balaban J connectivity index is 2.99. The van der Waals surface area contributed by atoms with Gasteiger partial charge < -0.3 is 0 Å². The van der Waals surface area contributed by atoms with Crippen molar-refractivity contribution in [3.63, 3.8) is 0 Å². The minimum Gasteiger partial charge on any atom is -0.241 e. The van der Waals surface area contributed by atoms with Crippen molar-refractivity contribution in [3.8, 4) is 6.07 Å². The fraction of sp³-hybridized carbons (Fsp3) is 0.167. The van der Waals surface area contributed by atoms with Crippen LogP contribution in [0.1, 0.15) is 17.0 Å². The van der Waals surface area contributed by atoms with Crippen LogP contribution in [0.3, 0.4) is 0 Å². The van der Waals surface area contributed by atoms with Gasteiger partial charge in [0.25, 0.3) is 0 Å². The normalized spacial score (nSPS) is 10.1. The molecular formula is C12H10N2. The Morgan fingerprint density at radius 2 is 1.79 bits per heavy atom. The molecule has 14 heavy (non-hydrogen) atoms. The second-order valence-electron chi connectivity index (χ2n) is 3.33. The number of aryl methyl sites for hydroxylation is 2. The van der Waals surface area contributed by atoms with Crippen LogP contribution in [0.2, 0.25) is 0 Å². The van der Waals surface area contributed by atoms with Gasteiger partial charge in [-0.2, -0.15) is 5.26 Å². The first-order valence-electron chi connectivity index (χ1n) is 4.50. The Kier molecular flexibility index (Phi) is 1.94. The van der Waals surface area contributed by atoms with Crippen LogP contribution in [0, 0.1) is 25.2 Å². The Labute approximate surface area is 82.8 Å². The van der Waals surface area contributed by atoms with Crippen molar-refractivity contribution in [2.75, 3.05) is 0 Å². The van der Waals surface area contributed by atoms with Gasteiger partial charge in [0.1, 0.15) is 11.8 Å². The molecule has 0 spiro atoms. The lowest BCUT2D eigenvalue weighted by molar-refractivity contribution is 1.15. The number of nitrogens with zero attached hydrogens (tertiary/aromatic N) is 2. The fourth-order valence-corrected chi connectivity index (χ4v) is 1.61. The monoisotopic (exact) mass is 182 g/mol. The van der Waals surface area contributed by atoms with Gasteiger partial charge in [0, 0.05) is 11.1 Å². The lowest BCUT2D eigenvalue weighted by Crippen LogP contribution is -1.93. The summed E-state index contributed by atoms with van der Waals surface area (Å²) in [5, 5.41) is 11.0. The number of hydrogen-bond acceptors (Lipinski definition) is 2. The van der Waals surface area contributed by atoms with Gasteiger partial charge in [0.05, 0.1) is 0 Å². The first-order chi connectivity index (χ1) is 6.74. The quantitative estimate of drug-likeness (QED) is 0.628. The SMILES string of the molecule is Cc1nc(C#N)c2ccccc2c1C. The summed E-state index contributed by atoms with van der Waals surface area (Å²) < 4.78 is 0. The average Bonchev–Trinajstić information content (AvgIpc) is 2.23. The summed E-state index contributed by atoms with van der Waals surface area (Å²) in [5.74, 6) is 0. The molecule has 0 amide bonds. The summed E-state index contributed by atoms with van der Waals surface area (Å²) in [4.78, 5) is 4.26. The van der Waals surface area contributed by atoms with Gasteiger partial charge >= 0.3 is 0 Å². The van der Waals surface area contributed by atoms with E-state index in [0.29, 0.717) is 5.69 Å². The molecule has 2 aromatic rings. The summed E-state index contributed by atoms with van der Waals surface area (Å²) >= 11 is 0. The number of rotatable bonds is 0. The van der Waals surface area contributed by atoms with Crippen LogP contribution < -0.4 is 0 Å². The van der Waals surface area contributed by atoms with Crippen molar-refractivity contribution < 1.29 is 0 Å². The van der Waals surface area contributed by atoms with Crippen molar-refractivity contribution in [1.29, 1.82) is 5.26 Å². The Hall–Kier alpha value is -1.88. The fourth-order valence-electron chi connectivity index (χ4n) is 1.61. The summed E-state index contributed by atoms with van der Waals surface area (Å²) in [6.07, 6.45) is 0. The molecule has 0 saturated carbocycles. The third-order valence-corrected chi connectivity index (χ3v) is 2.51. The smallest absolute Gasteiger partial charge is 0.148 e. The summed E-state index contributed by atoms with van der Waals surface area (Å²) in [7, 11) is 0. The molecule has 1 heterocycles. The molecule has 0 bridgehead atoms. The van der Waals surface area contributed by atoms with Crippen molar-refractivity contribution in [1.82, 2.24) is 4.98 Å². The zero-order valence-corrected chi connectivity index (χ0v) is 8.20. The van der Waals surface area contributed by atoms with Gasteiger partial charge in [-0.05, 0) is 24.8 Å². The van der Waals surface area contributed by atoms with Gasteiger partial charge in [-0.3, -0.25) is 0 Å². The molecular weight excluding hydrogens is 172 g/mol. The van der Waals surface area contributed by atoms with E-state index in [9.17, 15) is 0 Å². The van der Waals surface area contributed by atoms with Crippen LogP contribution in [0.4, 0.5) is 0 Å². The van der Waals surface area contributed by atoms with Crippen LogP contribution >= 0.6 is 0 Å². The van der Waals surface area contributed by atoms with Gasteiger partial charge in [-0.25, -0.2) is 4.98 Å². The highest BCUT2D eigenvalue weighted by Crippen LogP contribution is 2.22. The van der Waals surface area contributed by atoms with Crippen LogP contribution in [-0.2, 0) is 0 Å². The van der Waals surface area contributed by atoms with Crippen LogP contribution in [-0.4, -0.2) is 4.98 Å². The van der Waals surface area contributed by atoms with E-state index >= 15 is 0 Å². The average molecular weight is 182 g/mol. The topological polar surface area (TPSA) is 36.7 Å². The summed E-state index contributed by atoms with van der Waals surface area (Å²) in [5.41, 5.74) is 2.60. The molecule has 0 fully saturated rings. The highest BCUT2D eigenvalue weighted by Gasteiger charge is 2.06. The van der Waals surface area contributed by atoms with Crippen LogP contribution in [0.5, 0.6) is 0 Å². The lowest BCUT2D eigenvalue weighted by atomic mass is 10.0. The molecule has 0 unspecified atom stereocenters. The van der Waals surface area contributed by atoms with Crippen molar-refractivity contribution in [2.45, 2.75) is 13.8 Å². The van der Waals surface area contributed by atoms with E-state index in [2.05, 4.69) is 11.1 Å². The molecule has 0 aliphatic carbocycles. The van der Waals surface area contributed by atoms with E-state index in [1.54, 1.807) is 0 Å². The maximum absolute atomic E-state index is 8.94. The summed E-state index contributed by atoms with van der Waals surface area (Å²) in [6, 6.07) is 10.0. The minimum absolute atomic E-state index is 0.517. The van der Waals surface area contributed by atoms with Crippen LogP contribution in [0.15, 0.2) is 24.3 Å². The van der Waals surface area contributed by atoms with E-state index in [-0.39, 0.29) is 0 Å². The third-order valence-electron chi connectivity index (χ3n) is 2.51. The van der Waals surface area contributed by atoms with Gasteiger partial charge in [0.2, 0.25) is 0 Å². The molecule has 1 aromatic carbocycles. The Morgan fingerprint density at radius 1 is 1.14 bits per heavy atom. The maximum Gasteiger partial charge on any atom is 0.148 e. The predicted molar refractivity (Wildman–Crippen MR) is 55.9 cm³/mol. The van der Waals surface area contributed by atoms with Crippen molar-refractivity contribution in [2.24, 2.45) is 0 Å². The summed E-state index contributed by atoms with van der Waals surface area (Å²) in [6.45, 7) is 3.97. The highest BCUT2D eigenvalue weighted by molar-refractivity contribution is 5.89. The van der Waals surface area contributed by atoms with E-state index in [1.807, 2.05) is 38.1 Å². The lowest BCUT2D eigenvalue weighted by Gasteiger charge is -2.05. The third kappa shape index (κ3) is 1.14. The molecule has 2 heteroatoms. The van der Waals surface area contributed by atoms with Crippen LogP contribution in [0.25, 0.3) is 10.8 Å². The number of nitriles is 1. The molecule has 0 atom stereocenters. The van der Waals surface area contributed by atoms with E-state index in [4.69, 9.17) is 5.26 Å². The zero-order valence-electron chi connectivity index (χ0n) is 8.20. The molecule has 0 aliphatic rings. The zero-order chi connectivity index (χ0) is 10.1. The second-order valence-corrected chi connectivity index (χ2v) is 3.33. The first-order valence-corrected chi connectivity index (χ1v) is 4.50. The number of fused-ring (bicyclic) bond motifs is 1. The number of benzene rings is 1. The number of pyridine rings is 1. The predicted octanol–water partition coefficient (Wildman–Crippen LogP) is 2.72. The molecule has 1 aromatic heterocycles. The van der Waals surface area contributed by atoms with E-state index < -0.39 is 0 Å². The molecule has 0 aliphatic heterocycles. The minimum atomic E-state index is 0.517. The highest BCUT2D eigenvalue weighted by atomic mass is 14.7. The standard InChI is InChI=1S/C12H10N2/c1-8-9(2)14-12(7-13)11-6-4-3-5-10(8)11/h3-6H,1-2H3. The van der Waals surface area contributed by atoms with Gasteiger partial charge in [0.15, 0.2) is 0 Å². The molecule has 2 rings (SSSR count). The largest absolute Gasteiger partial charge is 0.241 e. The Bertz CT molecular complexity index is 536. The van der Waals surface area contributed by atoms with Crippen molar-refractivity contribution in [3.05, 3.63) is 41.2 Å². The first kappa shape index (κ1) is 8.71. The van der Waals surface area contributed by atoms with E-state index in [0.717, 1.165) is 22.0 Å².